The summed E-state index contributed by atoms with van der Waals surface area (Å²) >= 11 is 0. The van der Waals surface area contributed by atoms with Crippen LogP contribution in [0.1, 0.15) is 57.8 Å². The van der Waals surface area contributed by atoms with Crippen LogP contribution in [0.4, 0.5) is 0 Å². The normalized spacial score (nSPS) is 28.5. The van der Waals surface area contributed by atoms with Crippen LogP contribution in [0.5, 0.6) is 0 Å². The third-order valence-corrected chi connectivity index (χ3v) is 5.72. The van der Waals surface area contributed by atoms with Crippen LogP contribution in [0.25, 0.3) is 0 Å². The molecule has 3 rings (SSSR count). The standard InChI is InChI=1S/C16H29N3O/c1-17-14(18-12-16(20)8-5-9-16)19-11-10-15(13-19)6-3-2-4-7-15/h20H,2-13H2,1H3,(H,17,18). The Labute approximate surface area is 122 Å². The average Bonchev–Trinajstić information content (AvgIpc) is 2.82. The number of nitrogens with one attached hydrogen (secondary N) is 1. The number of nitrogens with zero attached hydrogens (tertiary/aromatic N) is 2. The molecule has 0 aromatic carbocycles. The second kappa shape index (κ2) is 5.55. The highest BCUT2D eigenvalue weighted by Gasteiger charge is 2.40. The van der Waals surface area contributed by atoms with Crippen LogP contribution < -0.4 is 5.32 Å². The van der Waals surface area contributed by atoms with Gasteiger partial charge in [-0.2, -0.15) is 0 Å². The van der Waals surface area contributed by atoms with E-state index in [0.717, 1.165) is 38.3 Å². The molecule has 20 heavy (non-hydrogen) atoms. The molecule has 4 nitrogen and oxygen atoms in total. The van der Waals surface area contributed by atoms with E-state index in [1.807, 2.05) is 7.05 Å². The van der Waals surface area contributed by atoms with Gasteiger partial charge in [0.25, 0.3) is 0 Å². The van der Waals surface area contributed by atoms with Crippen molar-refractivity contribution in [3.05, 3.63) is 0 Å². The van der Waals surface area contributed by atoms with Crippen LogP contribution in [-0.4, -0.2) is 48.2 Å². The van der Waals surface area contributed by atoms with Gasteiger partial charge >= 0.3 is 0 Å². The first-order valence-corrected chi connectivity index (χ1v) is 8.33. The zero-order chi connectivity index (χ0) is 14.1. The predicted octanol–water partition coefficient (Wildman–Crippen LogP) is 2.13. The molecule has 0 aromatic heterocycles. The minimum Gasteiger partial charge on any atom is -0.388 e. The van der Waals surface area contributed by atoms with Gasteiger partial charge in [-0.05, 0) is 43.9 Å². The van der Waals surface area contributed by atoms with E-state index in [2.05, 4.69) is 15.2 Å². The smallest absolute Gasteiger partial charge is 0.193 e. The molecule has 0 amide bonds. The van der Waals surface area contributed by atoms with Crippen molar-refractivity contribution in [2.24, 2.45) is 10.4 Å². The number of likely N-dealkylation sites (tertiary alicyclic amines) is 1. The molecular weight excluding hydrogens is 250 g/mol. The second-order valence-corrected chi connectivity index (χ2v) is 7.21. The molecule has 0 aromatic rings. The maximum atomic E-state index is 10.2. The van der Waals surface area contributed by atoms with Crippen molar-refractivity contribution in [2.45, 2.75) is 63.4 Å². The highest BCUT2D eigenvalue weighted by atomic mass is 16.3. The van der Waals surface area contributed by atoms with Crippen LogP contribution >= 0.6 is 0 Å². The minimum atomic E-state index is -0.474. The Hall–Kier alpha value is -0.770. The van der Waals surface area contributed by atoms with Crippen molar-refractivity contribution in [3.8, 4) is 0 Å². The fourth-order valence-electron chi connectivity index (χ4n) is 4.16. The van der Waals surface area contributed by atoms with Gasteiger partial charge < -0.3 is 15.3 Å². The number of guanidine groups is 1. The number of aliphatic imine (C=N–C) groups is 1. The van der Waals surface area contributed by atoms with Crippen LogP contribution in [0, 0.1) is 5.41 Å². The van der Waals surface area contributed by atoms with Gasteiger partial charge in [0.2, 0.25) is 0 Å². The van der Waals surface area contributed by atoms with Crippen LogP contribution in [0.2, 0.25) is 0 Å². The summed E-state index contributed by atoms with van der Waals surface area (Å²) in [6, 6.07) is 0. The van der Waals surface area contributed by atoms with Crippen LogP contribution in [0.3, 0.4) is 0 Å². The maximum Gasteiger partial charge on any atom is 0.193 e. The molecule has 1 saturated heterocycles. The van der Waals surface area contributed by atoms with E-state index in [9.17, 15) is 5.11 Å². The van der Waals surface area contributed by atoms with E-state index >= 15 is 0 Å². The molecule has 3 fully saturated rings. The quantitative estimate of drug-likeness (QED) is 0.601. The first-order chi connectivity index (χ1) is 9.65. The highest BCUT2D eigenvalue weighted by molar-refractivity contribution is 5.80. The van der Waals surface area contributed by atoms with Gasteiger partial charge in [0.05, 0.1) is 5.60 Å². The lowest BCUT2D eigenvalue weighted by molar-refractivity contribution is -0.0282. The number of aliphatic hydroxyl groups is 1. The minimum absolute atomic E-state index is 0.474. The van der Waals surface area contributed by atoms with Crippen molar-refractivity contribution in [3.63, 3.8) is 0 Å². The van der Waals surface area contributed by atoms with Crippen molar-refractivity contribution in [2.75, 3.05) is 26.7 Å². The number of rotatable bonds is 2. The summed E-state index contributed by atoms with van der Waals surface area (Å²) in [5, 5.41) is 13.6. The molecule has 2 aliphatic carbocycles. The lowest BCUT2D eigenvalue weighted by Gasteiger charge is -2.38. The first-order valence-electron chi connectivity index (χ1n) is 8.33. The Bertz CT molecular complexity index is 370. The summed E-state index contributed by atoms with van der Waals surface area (Å²) in [6.45, 7) is 2.94. The third-order valence-electron chi connectivity index (χ3n) is 5.72. The summed E-state index contributed by atoms with van der Waals surface area (Å²) < 4.78 is 0. The summed E-state index contributed by atoms with van der Waals surface area (Å²) in [4.78, 5) is 6.84. The van der Waals surface area contributed by atoms with E-state index in [-0.39, 0.29) is 0 Å². The van der Waals surface area contributed by atoms with E-state index in [4.69, 9.17) is 0 Å². The molecule has 1 heterocycles. The largest absolute Gasteiger partial charge is 0.388 e. The topological polar surface area (TPSA) is 47.9 Å². The molecule has 0 unspecified atom stereocenters. The lowest BCUT2D eigenvalue weighted by Crippen LogP contribution is -2.51. The van der Waals surface area contributed by atoms with E-state index in [1.165, 1.54) is 38.5 Å². The summed E-state index contributed by atoms with van der Waals surface area (Å²) in [6.07, 6.45) is 11.3. The molecule has 1 spiro atoms. The molecular formula is C16H29N3O. The van der Waals surface area contributed by atoms with Crippen molar-refractivity contribution >= 4 is 5.96 Å². The van der Waals surface area contributed by atoms with Gasteiger partial charge in [-0.1, -0.05) is 19.3 Å². The molecule has 2 N–H and O–H groups in total. The molecule has 114 valence electrons. The second-order valence-electron chi connectivity index (χ2n) is 7.21. The maximum absolute atomic E-state index is 10.2. The van der Waals surface area contributed by atoms with Gasteiger partial charge in [0, 0.05) is 26.7 Å². The van der Waals surface area contributed by atoms with E-state index < -0.39 is 5.60 Å². The Morgan fingerprint density at radius 1 is 1.10 bits per heavy atom. The molecule has 1 aliphatic heterocycles. The Morgan fingerprint density at radius 2 is 1.85 bits per heavy atom. The fraction of sp³-hybridized carbons (Fsp3) is 0.938. The Morgan fingerprint density at radius 3 is 2.45 bits per heavy atom. The van der Waals surface area contributed by atoms with Gasteiger partial charge in [-0.3, -0.25) is 4.99 Å². The predicted molar refractivity (Wildman–Crippen MR) is 81.9 cm³/mol. The Balaban J connectivity index is 1.54. The molecule has 3 aliphatic rings. The summed E-state index contributed by atoms with van der Waals surface area (Å²) in [7, 11) is 1.86. The number of hydrogen-bond donors (Lipinski definition) is 2. The first kappa shape index (κ1) is 14.2. The monoisotopic (exact) mass is 279 g/mol. The van der Waals surface area contributed by atoms with Crippen molar-refractivity contribution < 1.29 is 5.11 Å². The molecule has 0 radical (unpaired) electrons. The van der Waals surface area contributed by atoms with Gasteiger partial charge in [-0.25, -0.2) is 0 Å². The Kier molecular flexibility index (Phi) is 3.93. The van der Waals surface area contributed by atoms with Crippen molar-refractivity contribution in [1.29, 1.82) is 0 Å². The molecule has 2 saturated carbocycles. The van der Waals surface area contributed by atoms with Crippen molar-refractivity contribution in [1.82, 2.24) is 10.2 Å². The van der Waals surface area contributed by atoms with E-state index in [1.54, 1.807) is 0 Å². The average molecular weight is 279 g/mol. The molecule has 4 heteroatoms. The summed E-state index contributed by atoms with van der Waals surface area (Å²) in [5.41, 5.74) is 0.0848. The van der Waals surface area contributed by atoms with Gasteiger partial charge in [0.1, 0.15) is 0 Å². The van der Waals surface area contributed by atoms with Crippen LogP contribution in [0.15, 0.2) is 4.99 Å². The number of hydrogen-bond acceptors (Lipinski definition) is 2. The van der Waals surface area contributed by atoms with Gasteiger partial charge in [0.15, 0.2) is 5.96 Å². The zero-order valence-corrected chi connectivity index (χ0v) is 12.8. The molecule has 0 bridgehead atoms. The van der Waals surface area contributed by atoms with E-state index in [0.29, 0.717) is 12.0 Å². The van der Waals surface area contributed by atoms with Crippen LogP contribution in [-0.2, 0) is 0 Å². The fourth-order valence-corrected chi connectivity index (χ4v) is 4.16. The zero-order valence-electron chi connectivity index (χ0n) is 12.8. The third kappa shape index (κ3) is 2.80. The SMILES string of the molecule is CN=C(NCC1(O)CCC1)N1CCC2(CCCCC2)C1. The summed E-state index contributed by atoms with van der Waals surface area (Å²) in [5.74, 6) is 0.993. The highest BCUT2D eigenvalue weighted by Crippen LogP contribution is 2.43. The molecule has 0 atom stereocenters. The lowest BCUT2D eigenvalue weighted by atomic mass is 9.73. The van der Waals surface area contributed by atoms with Gasteiger partial charge in [-0.15, -0.1) is 0 Å².